The van der Waals surface area contributed by atoms with Gasteiger partial charge in [-0.15, -0.1) is 0 Å². The van der Waals surface area contributed by atoms with Gasteiger partial charge in [0.15, 0.2) is 11.5 Å². The van der Waals surface area contributed by atoms with Gasteiger partial charge in [0.05, 0.1) is 20.3 Å². The van der Waals surface area contributed by atoms with Crippen LogP contribution in [-0.2, 0) is 4.74 Å². The first-order valence-corrected chi connectivity index (χ1v) is 7.48. The third-order valence-corrected chi connectivity index (χ3v) is 3.63. The molecule has 0 aliphatic carbocycles. The zero-order chi connectivity index (χ0) is 15.9. The van der Waals surface area contributed by atoms with E-state index in [2.05, 4.69) is 5.32 Å². The van der Waals surface area contributed by atoms with Crippen molar-refractivity contribution < 1.29 is 19.0 Å². The molecule has 22 heavy (non-hydrogen) atoms. The molecule has 1 saturated heterocycles. The smallest absolute Gasteiger partial charge is 0.251 e. The largest absolute Gasteiger partial charge is 0.493 e. The minimum Gasteiger partial charge on any atom is -0.493 e. The Morgan fingerprint density at radius 2 is 2.23 bits per heavy atom. The molecule has 5 nitrogen and oxygen atoms in total. The lowest BCUT2D eigenvalue weighted by atomic mass is 10.1. The summed E-state index contributed by atoms with van der Waals surface area (Å²) in [6.45, 7) is 3.23. The van der Waals surface area contributed by atoms with Crippen LogP contribution >= 0.6 is 0 Å². The van der Waals surface area contributed by atoms with Crippen molar-refractivity contribution in [3.63, 3.8) is 0 Å². The Hall–Kier alpha value is -2.01. The topological polar surface area (TPSA) is 56.8 Å². The molecular weight excluding hydrogens is 282 g/mol. The standard InChI is InChI=1S/C17H23NO4/c1-4-6-12-9-13(10-15(20-2)16(12)21-3)17(19)18-11-14-7-5-8-22-14/h4,6,9-10,14H,5,7-8,11H2,1-3H3,(H,18,19)/b6-4+/t14-/m1/s1. The molecule has 0 unspecified atom stereocenters. The number of hydrogen-bond donors (Lipinski definition) is 1. The fraction of sp³-hybridized carbons (Fsp3) is 0.471. The molecular formula is C17H23NO4. The first kappa shape index (κ1) is 16.4. The third kappa shape index (κ3) is 3.80. The first-order valence-electron chi connectivity index (χ1n) is 7.48. The van der Waals surface area contributed by atoms with Crippen molar-refractivity contribution in [1.82, 2.24) is 5.32 Å². The molecule has 1 amide bonds. The minimum atomic E-state index is -0.137. The van der Waals surface area contributed by atoms with Gasteiger partial charge in [-0.1, -0.05) is 12.2 Å². The van der Waals surface area contributed by atoms with Crippen LogP contribution in [0.5, 0.6) is 11.5 Å². The van der Waals surface area contributed by atoms with Gasteiger partial charge in [-0.2, -0.15) is 0 Å². The number of carbonyl (C=O) groups excluding carboxylic acids is 1. The summed E-state index contributed by atoms with van der Waals surface area (Å²) in [5.41, 5.74) is 1.36. The van der Waals surface area contributed by atoms with Gasteiger partial charge in [-0.05, 0) is 31.9 Å². The van der Waals surface area contributed by atoms with E-state index in [0.717, 1.165) is 25.0 Å². The van der Waals surface area contributed by atoms with Crippen LogP contribution in [0.15, 0.2) is 18.2 Å². The number of ether oxygens (including phenoxy) is 3. The summed E-state index contributed by atoms with van der Waals surface area (Å²) in [6.07, 6.45) is 5.96. The lowest BCUT2D eigenvalue weighted by Gasteiger charge is -2.14. The molecule has 0 saturated carbocycles. The Kier molecular flexibility index (Phi) is 5.83. The van der Waals surface area contributed by atoms with Crippen LogP contribution in [0.1, 0.15) is 35.7 Å². The van der Waals surface area contributed by atoms with Crippen LogP contribution in [0.4, 0.5) is 0 Å². The number of amides is 1. The predicted octanol–water partition coefficient (Wildman–Crippen LogP) is 2.65. The zero-order valence-electron chi connectivity index (χ0n) is 13.3. The van der Waals surface area contributed by atoms with E-state index in [9.17, 15) is 4.79 Å². The van der Waals surface area contributed by atoms with Crippen molar-refractivity contribution in [2.45, 2.75) is 25.9 Å². The van der Waals surface area contributed by atoms with E-state index < -0.39 is 0 Å². The van der Waals surface area contributed by atoms with Crippen LogP contribution in [0.3, 0.4) is 0 Å². The lowest BCUT2D eigenvalue weighted by Crippen LogP contribution is -2.31. The Morgan fingerprint density at radius 3 is 2.82 bits per heavy atom. The SMILES string of the molecule is C/C=C/c1cc(C(=O)NC[C@H]2CCCO2)cc(OC)c1OC. The summed E-state index contributed by atoms with van der Waals surface area (Å²) in [7, 11) is 3.15. The van der Waals surface area contributed by atoms with E-state index in [1.165, 1.54) is 0 Å². The number of benzene rings is 1. The first-order chi connectivity index (χ1) is 10.7. The highest BCUT2D eigenvalue weighted by Crippen LogP contribution is 2.33. The molecule has 2 rings (SSSR count). The molecule has 1 aliphatic heterocycles. The van der Waals surface area contributed by atoms with Crippen LogP contribution in [-0.4, -0.2) is 39.4 Å². The highest BCUT2D eigenvalue weighted by atomic mass is 16.5. The number of nitrogens with one attached hydrogen (secondary N) is 1. The molecule has 0 aromatic heterocycles. The molecule has 1 heterocycles. The summed E-state index contributed by atoms with van der Waals surface area (Å²) in [5, 5.41) is 2.91. The van der Waals surface area contributed by atoms with Crippen molar-refractivity contribution in [2.24, 2.45) is 0 Å². The molecule has 1 aromatic rings. The molecule has 0 spiro atoms. The van der Waals surface area contributed by atoms with Crippen LogP contribution in [0.2, 0.25) is 0 Å². The molecule has 0 bridgehead atoms. The van der Waals surface area contributed by atoms with Crippen molar-refractivity contribution >= 4 is 12.0 Å². The second-order valence-electron chi connectivity index (χ2n) is 5.15. The Labute approximate surface area is 131 Å². The van der Waals surface area contributed by atoms with Gasteiger partial charge < -0.3 is 19.5 Å². The zero-order valence-corrected chi connectivity index (χ0v) is 13.3. The highest BCUT2D eigenvalue weighted by Gasteiger charge is 2.18. The second-order valence-corrected chi connectivity index (χ2v) is 5.15. The minimum absolute atomic E-state index is 0.124. The van der Waals surface area contributed by atoms with Gasteiger partial charge in [0, 0.05) is 24.3 Å². The van der Waals surface area contributed by atoms with Gasteiger partial charge in [0.25, 0.3) is 5.91 Å². The van der Waals surface area contributed by atoms with Crippen molar-refractivity contribution in [3.8, 4) is 11.5 Å². The highest BCUT2D eigenvalue weighted by molar-refractivity contribution is 5.96. The average molecular weight is 305 g/mol. The van der Waals surface area contributed by atoms with E-state index in [1.54, 1.807) is 26.4 Å². The van der Waals surface area contributed by atoms with Gasteiger partial charge >= 0.3 is 0 Å². The van der Waals surface area contributed by atoms with Gasteiger partial charge in [0.1, 0.15) is 0 Å². The normalized spacial score (nSPS) is 17.7. The van der Waals surface area contributed by atoms with Crippen LogP contribution in [0, 0.1) is 0 Å². The summed E-state index contributed by atoms with van der Waals surface area (Å²) < 4.78 is 16.2. The Bertz CT molecular complexity index is 548. The van der Waals surface area contributed by atoms with E-state index in [0.29, 0.717) is 23.6 Å². The van der Waals surface area contributed by atoms with Gasteiger partial charge in [-0.25, -0.2) is 0 Å². The Morgan fingerprint density at radius 1 is 1.41 bits per heavy atom. The maximum atomic E-state index is 12.3. The summed E-state index contributed by atoms with van der Waals surface area (Å²) in [6, 6.07) is 3.49. The molecule has 1 aromatic carbocycles. The number of allylic oxidation sites excluding steroid dienone is 1. The van der Waals surface area contributed by atoms with E-state index in [4.69, 9.17) is 14.2 Å². The number of rotatable bonds is 6. The fourth-order valence-electron chi connectivity index (χ4n) is 2.54. The molecule has 1 fully saturated rings. The molecule has 120 valence electrons. The lowest BCUT2D eigenvalue weighted by molar-refractivity contribution is 0.0857. The Balaban J connectivity index is 2.18. The van der Waals surface area contributed by atoms with Crippen LogP contribution in [0.25, 0.3) is 6.08 Å². The number of methoxy groups -OCH3 is 2. The number of hydrogen-bond acceptors (Lipinski definition) is 4. The maximum absolute atomic E-state index is 12.3. The maximum Gasteiger partial charge on any atom is 0.251 e. The van der Waals surface area contributed by atoms with E-state index in [-0.39, 0.29) is 12.0 Å². The molecule has 5 heteroatoms. The molecule has 0 radical (unpaired) electrons. The average Bonchev–Trinajstić information content (AvgIpc) is 3.05. The summed E-state index contributed by atoms with van der Waals surface area (Å²) >= 11 is 0. The summed E-state index contributed by atoms with van der Waals surface area (Å²) in [5.74, 6) is 1.03. The fourth-order valence-corrected chi connectivity index (χ4v) is 2.54. The predicted molar refractivity (Wildman–Crippen MR) is 85.6 cm³/mol. The van der Waals surface area contributed by atoms with Crippen LogP contribution < -0.4 is 14.8 Å². The number of carbonyl (C=O) groups is 1. The second kappa shape index (κ2) is 7.84. The van der Waals surface area contributed by atoms with E-state index >= 15 is 0 Å². The quantitative estimate of drug-likeness (QED) is 0.878. The summed E-state index contributed by atoms with van der Waals surface area (Å²) in [4.78, 5) is 12.3. The molecule has 1 atom stereocenters. The molecule has 1 aliphatic rings. The van der Waals surface area contributed by atoms with Crippen molar-refractivity contribution in [3.05, 3.63) is 29.3 Å². The van der Waals surface area contributed by atoms with Crippen molar-refractivity contribution in [1.29, 1.82) is 0 Å². The molecule has 1 N–H and O–H groups in total. The third-order valence-electron chi connectivity index (χ3n) is 3.63. The van der Waals surface area contributed by atoms with Gasteiger partial charge in [-0.3, -0.25) is 4.79 Å². The van der Waals surface area contributed by atoms with Crippen molar-refractivity contribution in [2.75, 3.05) is 27.4 Å². The monoisotopic (exact) mass is 305 g/mol. The van der Waals surface area contributed by atoms with Gasteiger partial charge in [0.2, 0.25) is 0 Å². The van der Waals surface area contributed by atoms with E-state index in [1.807, 2.05) is 19.1 Å².